The Labute approximate surface area is 79.3 Å². The molecule has 0 aromatic carbocycles. The van der Waals surface area contributed by atoms with Crippen molar-refractivity contribution < 1.29 is 14.6 Å². The van der Waals surface area contributed by atoms with E-state index in [2.05, 4.69) is 14.7 Å². The van der Waals surface area contributed by atoms with E-state index in [1.807, 2.05) is 0 Å². The number of hydrogen-bond donors (Lipinski definition) is 2. The fourth-order valence-corrected chi connectivity index (χ4v) is 1.26. The normalized spacial score (nSPS) is 10.4. The highest BCUT2D eigenvalue weighted by molar-refractivity contribution is 5.97. The van der Waals surface area contributed by atoms with Gasteiger partial charge in [-0.05, 0) is 6.07 Å². The number of rotatable bonds is 1. The molecular weight excluding hydrogens is 184 g/mol. The minimum absolute atomic E-state index is 0.0698. The third-order valence-corrected chi connectivity index (χ3v) is 1.96. The Kier molecular flexibility index (Phi) is 1.85. The zero-order valence-electron chi connectivity index (χ0n) is 7.44. The zero-order chi connectivity index (χ0) is 10.1. The largest absolute Gasteiger partial charge is 0.505 e. The Hall–Kier alpha value is -2.04. The summed E-state index contributed by atoms with van der Waals surface area (Å²) in [6, 6.07) is 1.67. The van der Waals surface area contributed by atoms with Crippen LogP contribution in [0.5, 0.6) is 5.75 Å². The number of H-pyrrole nitrogens is 1. The molecule has 0 aliphatic carbocycles. The van der Waals surface area contributed by atoms with Gasteiger partial charge in [-0.25, -0.2) is 9.78 Å². The molecule has 0 fully saturated rings. The topological polar surface area (TPSA) is 75.2 Å². The number of hydrogen-bond acceptors (Lipinski definition) is 4. The fraction of sp³-hybridized carbons (Fsp3) is 0.111. The molecule has 0 aliphatic rings. The van der Waals surface area contributed by atoms with Gasteiger partial charge in [-0.1, -0.05) is 0 Å². The Bertz CT molecular complexity index is 490. The lowest BCUT2D eigenvalue weighted by atomic mass is 10.2. The van der Waals surface area contributed by atoms with E-state index in [4.69, 9.17) is 0 Å². The standard InChI is InChI=1S/C9H8N2O3/c1-14-9(13)7-8(12)5-2-3-10-6(5)4-11-7/h2-4,10,12H,1H3. The fourth-order valence-electron chi connectivity index (χ4n) is 1.26. The molecule has 0 spiro atoms. The van der Waals surface area contributed by atoms with Crippen LogP contribution >= 0.6 is 0 Å². The average Bonchev–Trinajstić information content (AvgIpc) is 2.66. The molecule has 0 amide bonds. The summed E-state index contributed by atoms with van der Waals surface area (Å²) in [6.45, 7) is 0. The Balaban J connectivity index is 2.67. The molecule has 0 radical (unpaired) electrons. The summed E-state index contributed by atoms with van der Waals surface area (Å²) < 4.78 is 4.47. The molecule has 72 valence electrons. The molecule has 0 saturated heterocycles. The van der Waals surface area contributed by atoms with Crippen LogP contribution in [0.3, 0.4) is 0 Å². The molecule has 2 rings (SSSR count). The van der Waals surface area contributed by atoms with Crippen molar-refractivity contribution in [2.75, 3.05) is 7.11 Å². The van der Waals surface area contributed by atoms with E-state index < -0.39 is 5.97 Å². The number of nitrogens with one attached hydrogen (secondary N) is 1. The minimum atomic E-state index is -0.648. The molecule has 2 aromatic heterocycles. The lowest BCUT2D eigenvalue weighted by Crippen LogP contribution is -2.04. The average molecular weight is 192 g/mol. The van der Waals surface area contributed by atoms with Crippen LogP contribution in [0.25, 0.3) is 10.9 Å². The van der Waals surface area contributed by atoms with Gasteiger partial charge >= 0.3 is 5.97 Å². The van der Waals surface area contributed by atoms with Crippen molar-refractivity contribution in [3.05, 3.63) is 24.2 Å². The Morgan fingerprint density at radius 3 is 3.14 bits per heavy atom. The van der Waals surface area contributed by atoms with E-state index in [9.17, 15) is 9.90 Å². The van der Waals surface area contributed by atoms with Crippen LogP contribution < -0.4 is 0 Å². The first-order valence-corrected chi connectivity index (χ1v) is 3.97. The third kappa shape index (κ3) is 1.10. The second-order valence-electron chi connectivity index (χ2n) is 2.75. The molecule has 2 heterocycles. The second-order valence-corrected chi connectivity index (χ2v) is 2.75. The zero-order valence-corrected chi connectivity index (χ0v) is 7.44. The molecule has 2 aromatic rings. The summed E-state index contributed by atoms with van der Waals surface area (Å²) in [5, 5.41) is 10.2. The molecular formula is C9H8N2O3. The SMILES string of the molecule is COC(=O)c1ncc2[nH]ccc2c1O. The van der Waals surface area contributed by atoms with Gasteiger partial charge in [0.05, 0.1) is 18.8 Å². The summed E-state index contributed by atoms with van der Waals surface area (Å²) in [7, 11) is 1.24. The minimum Gasteiger partial charge on any atom is -0.505 e. The van der Waals surface area contributed by atoms with Crippen LogP contribution in [-0.4, -0.2) is 28.2 Å². The van der Waals surface area contributed by atoms with Crippen molar-refractivity contribution in [3.63, 3.8) is 0 Å². The number of carbonyl (C=O) groups is 1. The van der Waals surface area contributed by atoms with Crippen molar-refractivity contribution in [3.8, 4) is 5.75 Å². The number of esters is 1. The van der Waals surface area contributed by atoms with Crippen molar-refractivity contribution >= 4 is 16.9 Å². The maximum atomic E-state index is 11.1. The Morgan fingerprint density at radius 2 is 2.43 bits per heavy atom. The third-order valence-electron chi connectivity index (χ3n) is 1.96. The number of nitrogens with zero attached hydrogens (tertiary/aromatic N) is 1. The van der Waals surface area contributed by atoms with Crippen LogP contribution in [0, 0.1) is 0 Å². The molecule has 0 atom stereocenters. The van der Waals surface area contributed by atoms with Crippen molar-refractivity contribution in [2.45, 2.75) is 0 Å². The highest BCUT2D eigenvalue weighted by Crippen LogP contribution is 2.26. The van der Waals surface area contributed by atoms with E-state index in [0.717, 1.165) is 0 Å². The van der Waals surface area contributed by atoms with Gasteiger partial charge in [0.25, 0.3) is 0 Å². The first kappa shape index (κ1) is 8.55. The second kappa shape index (κ2) is 3.02. The molecule has 14 heavy (non-hydrogen) atoms. The number of aromatic hydroxyl groups is 1. The number of methoxy groups -OCH3 is 1. The van der Waals surface area contributed by atoms with E-state index in [1.54, 1.807) is 12.3 Å². The van der Waals surface area contributed by atoms with Crippen LogP contribution in [0.2, 0.25) is 0 Å². The van der Waals surface area contributed by atoms with Gasteiger partial charge in [-0.15, -0.1) is 0 Å². The maximum Gasteiger partial charge on any atom is 0.360 e. The van der Waals surface area contributed by atoms with Crippen LogP contribution in [-0.2, 0) is 4.74 Å². The quantitative estimate of drug-likeness (QED) is 0.662. The predicted octanol–water partition coefficient (Wildman–Crippen LogP) is 1.06. The summed E-state index contributed by atoms with van der Waals surface area (Å²) in [5.74, 6) is -0.804. The first-order chi connectivity index (χ1) is 6.74. The monoisotopic (exact) mass is 192 g/mol. The summed E-state index contributed by atoms with van der Waals surface area (Å²) in [4.78, 5) is 17.8. The van der Waals surface area contributed by atoms with Crippen molar-refractivity contribution in [2.24, 2.45) is 0 Å². The van der Waals surface area contributed by atoms with Gasteiger partial charge in [0.15, 0.2) is 11.4 Å². The maximum absolute atomic E-state index is 11.1. The van der Waals surface area contributed by atoms with Crippen LogP contribution in [0.15, 0.2) is 18.5 Å². The van der Waals surface area contributed by atoms with Crippen molar-refractivity contribution in [1.29, 1.82) is 0 Å². The molecule has 0 aliphatic heterocycles. The van der Waals surface area contributed by atoms with Gasteiger partial charge < -0.3 is 14.8 Å². The van der Waals surface area contributed by atoms with Gasteiger partial charge in [0, 0.05) is 11.6 Å². The van der Waals surface area contributed by atoms with E-state index in [0.29, 0.717) is 10.9 Å². The van der Waals surface area contributed by atoms with Gasteiger partial charge in [-0.3, -0.25) is 0 Å². The molecule has 2 N–H and O–H groups in total. The van der Waals surface area contributed by atoms with E-state index in [1.165, 1.54) is 13.3 Å². The number of aromatic amines is 1. The number of fused-ring (bicyclic) bond motifs is 1. The molecule has 0 bridgehead atoms. The lowest BCUT2D eigenvalue weighted by molar-refractivity contribution is 0.0591. The van der Waals surface area contributed by atoms with Crippen LogP contribution in [0.4, 0.5) is 0 Å². The summed E-state index contributed by atoms with van der Waals surface area (Å²) in [6.07, 6.45) is 3.13. The summed E-state index contributed by atoms with van der Waals surface area (Å²) in [5.41, 5.74) is 0.606. The first-order valence-electron chi connectivity index (χ1n) is 3.97. The predicted molar refractivity (Wildman–Crippen MR) is 49.1 cm³/mol. The molecule has 5 heteroatoms. The number of pyridine rings is 1. The lowest BCUT2D eigenvalue weighted by Gasteiger charge is -2.01. The number of carbonyl (C=O) groups excluding carboxylic acids is 1. The molecule has 0 unspecified atom stereocenters. The van der Waals surface area contributed by atoms with Gasteiger partial charge in [-0.2, -0.15) is 0 Å². The van der Waals surface area contributed by atoms with Gasteiger partial charge in [0.2, 0.25) is 0 Å². The number of aromatic nitrogens is 2. The number of ether oxygens (including phenoxy) is 1. The Morgan fingerprint density at radius 1 is 1.64 bits per heavy atom. The highest BCUT2D eigenvalue weighted by atomic mass is 16.5. The smallest absolute Gasteiger partial charge is 0.360 e. The van der Waals surface area contributed by atoms with E-state index in [-0.39, 0.29) is 11.4 Å². The summed E-state index contributed by atoms with van der Waals surface area (Å²) >= 11 is 0. The van der Waals surface area contributed by atoms with Crippen molar-refractivity contribution in [1.82, 2.24) is 9.97 Å². The molecule has 0 saturated carbocycles. The van der Waals surface area contributed by atoms with E-state index >= 15 is 0 Å². The van der Waals surface area contributed by atoms with Gasteiger partial charge in [0.1, 0.15) is 0 Å². The van der Waals surface area contributed by atoms with Crippen LogP contribution in [0.1, 0.15) is 10.5 Å². The molecule has 5 nitrogen and oxygen atoms in total. The highest BCUT2D eigenvalue weighted by Gasteiger charge is 2.15.